The average Bonchev–Trinajstić information content (AvgIpc) is 2.39. The zero-order valence-electron chi connectivity index (χ0n) is 11.6. The van der Waals surface area contributed by atoms with E-state index in [-0.39, 0.29) is 5.91 Å². The highest BCUT2D eigenvalue weighted by atomic mass is 16.2. The van der Waals surface area contributed by atoms with E-state index in [2.05, 4.69) is 26.0 Å². The Kier molecular flexibility index (Phi) is 5.86. The van der Waals surface area contributed by atoms with E-state index in [0.29, 0.717) is 25.4 Å². The van der Waals surface area contributed by atoms with Gasteiger partial charge in [0.05, 0.1) is 0 Å². The van der Waals surface area contributed by atoms with Gasteiger partial charge in [0.1, 0.15) is 0 Å². The van der Waals surface area contributed by atoms with Crippen LogP contribution in [0.5, 0.6) is 0 Å². The molecule has 1 aromatic rings. The van der Waals surface area contributed by atoms with Gasteiger partial charge < -0.3 is 10.6 Å². The van der Waals surface area contributed by atoms with Crippen LogP contribution in [-0.4, -0.2) is 19.0 Å². The first-order valence-corrected chi connectivity index (χ1v) is 6.70. The van der Waals surface area contributed by atoms with Crippen molar-refractivity contribution in [2.45, 2.75) is 39.5 Å². The Morgan fingerprint density at radius 3 is 2.33 bits per heavy atom. The van der Waals surface area contributed by atoms with Gasteiger partial charge in [0.2, 0.25) is 5.91 Å². The first kappa shape index (κ1) is 14.7. The molecule has 0 aliphatic heterocycles. The molecule has 0 radical (unpaired) electrons. The lowest BCUT2D eigenvalue weighted by Crippen LogP contribution is -2.32. The summed E-state index contributed by atoms with van der Waals surface area (Å²) in [5, 5.41) is 0. The maximum atomic E-state index is 11.9. The largest absolute Gasteiger partial charge is 0.330 e. The zero-order valence-corrected chi connectivity index (χ0v) is 11.6. The van der Waals surface area contributed by atoms with Crippen molar-refractivity contribution >= 4 is 11.6 Å². The summed E-state index contributed by atoms with van der Waals surface area (Å²) in [6, 6.07) is 8.25. The second-order valence-electron chi connectivity index (χ2n) is 4.79. The standard InChI is InChI=1S/C15H24N2O/c1-4-15(18)17(11-5-10-16)14-8-6-13(7-9-14)12(2)3/h6-9,12H,4-5,10-11,16H2,1-3H3. The number of carbonyl (C=O) groups excluding carboxylic acids is 1. The van der Waals surface area contributed by atoms with Gasteiger partial charge in [-0.1, -0.05) is 32.9 Å². The average molecular weight is 248 g/mol. The number of hydrogen-bond donors (Lipinski definition) is 1. The number of nitrogens with zero attached hydrogens (tertiary/aromatic N) is 1. The topological polar surface area (TPSA) is 46.3 Å². The minimum atomic E-state index is 0.153. The van der Waals surface area contributed by atoms with Crippen LogP contribution in [0.3, 0.4) is 0 Å². The number of hydrogen-bond acceptors (Lipinski definition) is 2. The van der Waals surface area contributed by atoms with Gasteiger partial charge in [0.25, 0.3) is 0 Å². The molecule has 0 saturated heterocycles. The van der Waals surface area contributed by atoms with Gasteiger partial charge in [0, 0.05) is 18.7 Å². The molecule has 0 atom stereocenters. The summed E-state index contributed by atoms with van der Waals surface area (Å²) in [6.07, 6.45) is 1.36. The van der Waals surface area contributed by atoms with Gasteiger partial charge in [-0.2, -0.15) is 0 Å². The molecule has 1 aromatic carbocycles. The molecule has 0 heterocycles. The SMILES string of the molecule is CCC(=O)N(CCCN)c1ccc(C(C)C)cc1. The maximum absolute atomic E-state index is 11.9. The fourth-order valence-corrected chi connectivity index (χ4v) is 1.88. The van der Waals surface area contributed by atoms with Gasteiger partial charge in [0.15, 0.2) is 0 Å². The van der Waals surface area contributed by atoms with Crippen LogP contribution in [0.25, 0.3) is 0 Å². The lowest BCUT2D eigenvalue weighted by Gasteiger charge is -2.22. The van der Waals surface area contributed by atoms with E-state index >= 15 is 0 Å². The Bertz CT molecular complexity index is 371. The molecule has 0 aliphatic carbocycles. The van der Waals surface area contributed by atoms with Crippen molar-refractivity contribution in [1.29, 1.82) is 0 Å². The third-order valence-corrected chi connectivity index (χ3v) is 3.06. The molecule has 3 nitrogen and oxygen atoms in total. The van der Waals surface area contributed by atoms with Crippen molar-refractivity contribution in [3.05, 3.63) is 29.8 Å². The minimum absolute atomic E-state index is 0.153. The van der Waals surface area contributed by atoms with Crippen LogP contribution in [0.2, 0.25) is 0 Å². The number of benzene rings is 1. The highest BCUT2D eigenvalue weighted by Crippen LogP contribution is 2.20. The van der Waals surface area contributed by atoms with Crippen molar-refractivity contribution in [2.24, 2.45) is 5.73 Å². The van der Waals surface area contributed by atoms with E-state index in [1.165, 1.54) is 5.56 Å². The maximum Gasteiger partial charge on any atom is 0.226 e. The van der Waals surface area contributed by atoms with Crippen LogP contribution in [0.1, 0.15) is 45.1 Å². The molecular weight excluding hydrogens is 224 g/mol. The third kappa shape index (κ3) is 3.84. The van der Waals surface area contributed by atoms with E-state index in [4.69, 9.17) is 5.73 Å². The summed E-state index contributed by atoms with van der Waals surface area (Å²) in [7, 11) is 0. The van der Waals surface area contributed by atoms with Crippen molar-refractivity contribution in [3.8, 4) is 0 Å². The Labute approximate surface area is 110 Å². The summed E-state index contributed by atoms with van der Waals surface area (Å²) >= 11 is 0. The fraction of sp³-hybridized carbons (Fsp3) is 0.533. The molecule has 0 spiro atoms. The smallest absolute Gasteiger partial charge is 0.226 e. The summed E-state index contributed by atoms with van der Waals surface area (Å²) in [4.78, 5) is 13.8. The summed E-state index contributed by atoms with van der Waals surface area (Å²) in [6.45, 7) is 7.53. The Morgan fingerprint density at radius 1 is 1.28 bits per heavy atom. The first-order chi connectivity index (χ1) is 8.60. The summed E-state index contributed by atoms with van der Waals surface area (Å²) in [5.41, 5.74) is 7.79. The molecule has 0 aliphatic rings. The first-order valence-electron chi connectivity index (χ1n) is 6.70. The molecular formula is C15H24N2O. The monoisotopic (exact) mass is 248 g/mol. The predicted molar refractivity (Wildman–Crippen MR) is 76.8 cm³/mol. The van der Waals surface area contributed by atoms with E-state index in [1.54, 1.807) is 0 Å². The molecule has 100 valence electrons. The van der Waals surface area contributed by atoms with Crippen LogP contribution in [0.15, 0.2) is 24.3 Å². The lowest BCUT2D eigenvalue weighted by atomic mass is 10.0. The number of rotatable bonds is 6. The van der Waals surface area contributed by atoms with Crippen LogP contribution >= 0.6 is 0 Å². The molecule has 1 rings (SSSR count). The van der Waals surface area contributed by atoms with Crippen LogP contribution in [0.4, 0.5) is 5.69 Å². The molecule has 3 heteroatoms. The number of anilines is 1. The van der Waals surface area contributed by atoms with Crippen molar-refractivity contribution < 1.29 is 4.79 Å². The normalized spacial score (nSPS) is 10.7. The van der Waals surface area contributed by atoms with E-state index in [9.17, 15) is 4.79 Å². The quantitative estimate of drug-likeness (QED) is 0.841. The minimum Gasteiger partial charge on any atom is -0.330 e. The van der Waals surface area contributed by atoms with Crippen molar-refractivity contribution in [2.75, 3.05) is 18.0 Å². The summed E-state index contributed by atoms with van der Waals surface area (Å²) in [5.74, 6) is 0.666. The van der Waals surface area contributed by atoms with E-state index in [0.717, 1.165) is 12.1 Å². The van der Waals surface area contributed by atoms with Crippen molar-refractivity contribution in [1.82, 2.24) is 0 Å². The van der Waals surface area contributed by atoms with E-state index < -0.39 is 0 Å². The van der Waals surface area contributed by atoms with Crippen LogP contribution < -0.4 is 10.6 Å². The highest BCUT2D eigenvalue weighted by Gasteiger charge is 2.13. The zero-order chi connectivity index (χ0) is 13.5. The Morgan fingerprint density at radius 2 is 1.89 bits per heavy atom. The second kappa shape index (κ2) is 7.17. The van der Waals surface area contributed by atoms with Gasteiger partial charge in [-0.15, -0.1) is 0 Å². The van der Waals surface area contributed by atoms with Gasteiger partial charge in [-0.25, -0.2) is 0 Å². The van der Waals surface area contributed by atoms with Crippen LogP contribution in [-0.2, 0) is 4.79 Å². The summed E-state index contributed by atoms with van der Waals surface area (Å²) < 4.78 is 0. The molecule has 18 heavy (non-hydrogen) atoms. The fourth-order valence-electron chi connectivity index (χ4n) is 1.88. The number of amides is 1. The highest BCUT2D eigenvalue weighted by molar-refractivity contribution is 5.93. The van der Waals surface area contributed by atoms with Gasteiger partial charge >= 0.3 is 0 Å². The third-order valence-electron chi connectivity index (χ3n) is 3.06. The molecule has 0 unspecified atom stereocenters. The van der Waals surface area contributed by atoms with Crippen LogP contribution in [0, 0.1) is 0 Å². The van der Waals surface area contributed by atoms with Crippen molar-refractivity contribution in [3.63, 3.8) is 0 Å². The molecule has 1 amide bonds. The molecule has 0 saturated carbocycles. The van der Waals surface area contributed by atoms with Gasteiger partial charge in [-0.05, 0) is 36.6 Å². The molecule has 2 N–H and O–H groups in total. The lowest BCUT2D eigenvalue weighted by molar-refractivity contribution is -0.118. The Hall–Kier alpha value is -1.35. The second-order valence-corrected chi connectivity index (χ2v) is 4.79. The molecule has 0 fully saturated rings. The van der Waals surface area contributed by atoms with Gasteiger partial charge in [-0.3, -0.25) is 4.79 Å². The van der Waals surface area contributed by atoms with E-state index in [1.807, 2.05) is 24.0 Å². The molecule has 0 bridgehead atoms. The number of nitrogens with two attached hydrogens (primary N) is 1. The predicted octanol–water partition coefficient (Wildman–Crippen LogP) is 2.90. The Balaban J connectivity index is 2.87. The molecule has 0 aromatic heterocycles. The number of carbonyl (C=O) groups is 1.